The Hall–Kier alpha value is -0.870. The first-order valence-corrected chi connectivity index (χ1v) is 7.29. The number of halogens is 1. The Balaban J connectivity index is 2.17. The maximum atomic E-state index is 12.4. The Labute approximate surface area is 117 Å². The number of hydrogen-bond donors (Lipinski definition) is 1. The summed E-state index contributed by atoms with van der Waals surface area (Å²) in [6.45, 7) is 5.88. The molecular formula is C13H17ClN2OS. The molecule has 0 spiro atoms. The quantitative estimate of drug-likeness (QED) is 0.807. The maximum absolute atomic E-state index is 12.4. The summed E-state index contributed by atoms with van der Waals surface area (Å²) in [5.41, 5.74) is 6.80. The summed E-state index contributed by atoms with van der Waals surface area (Å²) in [7, 11) is 0. The Morgan fingerprint density at radius 1 is 1.39 bits per heavy atom. The Kier molecular flexibility index (Phi) is 4.07. The van der Waals surface area contributed by atoms with E-state index in [1.807, 2.05) is 16.7 Å². The number of benzene rings is 1. The summed E-state index contributed by atoms with van der Waals surface area (Å²) < 4.78 is 0. The van der Waals surface area contributed by atoms with Gasteiger partial charge in [0.2, 0.25) is 0 Å². The molecule has 1 aromatic carbocycles. The van der Waals surface area contributed by atoms with Gasteiger partial charge in [0.1, 0.15) is 0 Å². The lowest BCUT2D eigenvalue weighted by atomic mass is 10.1. The second kappa shape index (κ2) is 5.41. The lowest BCUT2D eigenvalue weighted by Gasteiger charge is -2.34. The van der Waals surface area contributed by atoms with Crippen molar-refractivity contribution >= 4 is 35.0 Å². The molecule has 0 aliphatic carbocycles. The highest BCUT2D eigenvalue weighted by Gasteiger charge is 2.26. The van der Waals surface area contributed by atoms with Crippen molar-refractivity contribution in [1.29, 1.82) is 0 Å². The van der Waals surface area contributed by atoms with Gasteiger partial charge in [-0.25, -0.2) is 0 Å². The number of thioether (sulfide) groups is 1. The van der Waals surface area contributed by atoms with E-state index in [0.717, 1.165) is 13.1 Å². The van der Waals surface area contributed by atoms with Crippen LogP contribution in [-0.4, -0.2) is 34.4 Å². The molecule has 0 saturated carbocycles. The first kappa shape index (κ1) is 13.6. The van der Waals surface area contributed by atoms with Crippen LogP contribution in [0.15, 0.2) is 18.2 Å². The summed E-state index contributed by atoms with van der Waals surface area (Å²) in [6, 6.07) is 5.07. The molecule has 2 rings (SSSR count). The topological polar surface area (TPSA) is 46.3 Å². The van der Waals surface area contributed by atoms with Gasteiger partial charge in [0, 0.05) is 29.2 Å². The van der Waals surface area contributed by atoms with Crippen LogP contribution in [0.1, 0.15) is 24.2 Å². The summed E-state index contributed by atoms with van der Waals surface area (Å²) in [6.07, 6.45) is 0. The van der Waals surface area contributed by atoms with E-state index in [1.165, 1.54) is 0 Å². The predicted molar refractivity (Wildman–Crippen MR) is 78.3 cm³/mol. The molecule has 1 fully saturated rings. The van der Waals surface area contributed by atoms with Crippen molar-refractivity contribution in [2.75, 3.05) is 18.8 Å². The van der Waals surface area contributed by atoms with Crippen molar-refractivity contribution in [3.8, 4) is 0 Å². The normalized spacial score (nSPS) is 24.1. The SMILES string of the molecule is CC1CN(C(=O)c2ccc(Cl)c(N)c2)CC(C)S1. The molecule has 3 nitrogen and oxygen atoms in total. The summed E-state index contributed by atoms with van der Waals surface area (Å²) in [5, 5.41) is 1.44. The number of carbonyl (C=O) groups is 1. The van der Waals surface area contributed by atoms with Gasteiger partial charge in [0.15, 0.2) is 0 Å². The van der Waals surface area contributed by atoms with Gasteiger partial charge in [0.05, 0.1) is 10.7 Å². The molecule has 0 aromatic heterocycles. The van der Waals surface area contributed by atoms with Crippen molar-refractivity contribution in [3.05, 3.63) is 28.8 Å². The maximum Gasteiger partial charge on any atom is 0.254 e. The van der Waals surface area contributed by atoms with Crippen LogP contribution in [0.2, 0.25) is 5.02 Å². The van der Waals surface area contributed by atoms with Gasteiger partial charge < -0.3 is 10.6 Å². The summed E-state index contributed by atoms with van der Waals surface area (Å²) in [4.78, 5) is 14.3. The highest BCUT2D eigenvalue weighted by Crippen LogP contribution is 2.27. The molecule has 2 N–H and O–H groups in total. The zero-order valence-electron chi connectivity index (χ0n) is 10.5. The number of nitrogen functional groups attached to an aromatic ring is 1. The predicted octanol–water partition coefficient (Wildman–Crippen LogP) is 2.89. The second-order valence-electron chi connectivity index (χ2n) is 4.70. The second-order valence-corrected chi connectivity index (χ2v) is 6.99. The minimum atomic E-state index is 0.0392. The molecular weight excluding hydrogens is 268 g/mol. The van der Waals surface area contributed by atoms with E-state index in [4.69, 9.17) is 17.3 Å². The van der Waals surface area contributed by atoms with E-state index in [1.54, 1.807) is 18.2 Å². The van der Waals surface area contributed by atoms with E-state index in [-0.39, 0.29) is 5.91 Å². The number of rotatable bonds is 1. The van der Waals surface area contributed by atoms with Crippen LogP contribution in [0.4, 0.5) is 5.69 Å². The van der Waals surface area contributed by atoms with E-state index >= 15 is 0 Å². The monoisotopic (exact) mass is 284 g/mol. The third-order valence-corrected chi connectivity index (χ3v) is 4.52. The van der Waals surface area contributed by atoms with Crippen LogP contribution in [0.3, 0.4) is 0 Å². The fraction of sp³-hybridized carbons (Fsp3) is 0.462. The fourth-order valence-corrected chi connectivity index (χ4v) is 3.65. The Morgan fingerprint density at radius 2 is 2.00 bits per heavy atom. The van der Waals surface area contributed by atoms with Crippen LogP contribution in [-0.2, 0) is 0 Å². The van der Waals surface area contributed by atoms with Crippen molar-refractivity contribution in [3.63, 3.8) is 0 Å². The van der Waals surface area contributed by atoms with Gasteiger partial charge in [-0.2, -0.15) is 11.8 Å². The molecule has 5 heteroatoms. The molecule has 1 aliphatic rings. The molecule has 1 amide bonds. The van der Waals surface area contributed by atoms with Gasteiger partial charge in [-0.15, -0.1) is 0 Å². The first-order chi connectivity index (χ1) is 8.47. The van der Waals surface area contributed by atoms with Crippen molar-refractivity contribution in [2.45, 2.75) is 24.3 Å². The minimum absolute atomic E-state index is 0.0392. The zero-order valence-corrected chi connectivity index (χ0v) is 12.1. The average molecular weight is 285 g/mol. The van der Waals surface area contributed by atoms with Crippen molar-refractivity contribution < 1.29 is 4.79 Å². The molecule has 2 atom stereocenters. The highest BCUT2D eigenvalue weighted by atomic mass is 35.5. The van der Waals surface area contributed by atoms with E-state index in [9.17, 15) is 4.79 Å². The number of carbonyl (C=O) groups excluding carboxylic acids is 1. The lowest BCUT2D eigenvalue weighted by Crippen LogP contribution is -2.44. The third kappa shape index (κ3) is 2.93. The van der Waals surface area contributed by atoms with E-state index < -0.39 is 0 Å². The molecule has 98 valence electrons. The summed E-state index contributed by atoms with van der Waals surface area (Å²) in [5.74, 6) is 0.0392. The molecule has 0 bridgehead atoms. The van der Waals surface area contributed by atoms with Crippen LogP contribution in [0.25, 0.3) is 0 Å². The molecule has 18 heavy (non-hydrogen) atoms. The van der Waals surface area contributed by atoms with Gasteiger partial charge in [-0.3, -0.25) is 4.79 Å². The minimum Gasteiger partial charge on any atom is -0.398 e. The Bertz CT molecular complexity index is 456. The molecule has 1 saturated heterocycles. The van der Waals surface area contributed by atoms with Crippen LogP contribution < -0.4 is 5.73 Å². The number of anilines is 1. The van der Waals surface area contributed by atoms with E-state index in [2.05, 4.69) is 13.8 Å². The van der Waals surface area contributed by atoms with Crippen molar-refractivity contribution in [2.24, 2.45) is 0 Å². The van der Waals surface area contributed by atoms with Gasteiger partial charge in [-0.1, -0.05) is 25.4 Å². The smallest absolute Gasteiger partial charge is 0.254 e. The van der Waals surface area contributed by atoms with Crippen molar-refractivity contribution in [1.82, 2.24) is 4.90 Å². The molecule has 0 radical (unpaired) electrons. The largest absolute Gasteiger partial charge is 0.398 e. The van der Waals surface area contributed by atoms with Crippen LogP contribution in [0, 0.1) is 0 Å². The summed E-state index contributed by atoms with van der Waals surface area (Å²) >= 11 is 7.79. The fourth-order valence-electron chi connectivity index (χ4n) is 2.20. The number of nitrogens with two attached hydrogens (primary N) is 1. The van der Waals surface area contributed by atoms with Crippen LogP contribution in [0.5, 0.6) is 0 Å². The standard InChI is InChI=1S/C13H17ClN2OS/c1-8-6-16(7-9(2)18-8)13(17)10-3-4-11(14)12(15)5-10/h3-5,8-9H,6-7,15H2,1-2H3. The third-order valence-electron chi connectivity index (χ3n) is 2.95. The molecule has 1 heterocycles. The number of amides is 1. The highest BCUT2D eigenvalue weighted by molar-refractivity contribution is 8.00. The molecule has 1 aromatic rings. The lowest BCUT2D eigenvalue weighted by molar-refractivity contribution is 0.0753. The first-order valence-electron chi connectivity index (χ1n) is 5.97. The molecule has 1 aliphatic heterocycles. The van der Waals surface area contributed by atoms with Gasteiger partial charge >= 0.3 is 0 Å². The average Bonchev–Trinajstić information content (AvgIpc) is 2.30. The van der Waals surface area contributed by atoms with Gasteiger partial charge in [0.25, 0.3) is 5.91 Å². The number of hydrogen-bond acceptors (Lipinski definition) is 3. The Morgan fingerprint density at radius 3 is 2.56 bits per heavy atom. The van der Waals surface area contributed by atoms with E-state index in [0.29, 0.717) is 26.8 Å². The molecule has 2 unspecified atom stereocenters. The zero-order chi connectivity index (χ0) is 13.3. The van der Waals surface area contributed by atoms with Crippen LogP contribution >= 0.6 is 23.4 Å². The van der Waals surface area contributed by atoms with Gasteiger partial charge in [-0.05, 0) is 18.2 Å². The number of nitrogens with zero attached hydrogens (tertiary/aromatic N) is 1.